The van der Waals surface area contributed by atoms with Crippen molar-refractivity contribution in [2.75, 3.05) is 0 Å². The number of benzene rings is 1. The van der Waals surface area contributed by atoms with Crippen LogP contribution in [0.4, 0.5) is 4.79 Å². The van der Waals surface area contributed by atoms with Crippen molar-refractivity contribution >= 4 is 6.03 Å². The second-order valence-electron chi connectivity index (χ2n) is 6.85. The predicted molar refractivity (Wildman–Crippen MR) is 102 cm³/mol. The monoisotopic (exact) mass is 339 g/mol. The second-order valence-corrected chi connectivity index (χ2v) is 6.85. The van der Waals surface area contributed by atoms with Gasteiger partial charge in [0.15, 0.2) is 0 Å². The van der Waals surface area contributed by atoms with Crippen LogP contribution in [0.1, 0.15) is 62.9 Å². The maximum absolute atomic E-state index is 12.3. The molecule has 4 nitrogen and oxygen atoms in total. The maximum atomic E-state index is 12.3. The molecule has 0 saturated carbocycles. The van der Waals surface area contributed by atoms with E-state index >= 15 is 0 Å². The summed E-state index contributed by atoms with van der Waals surface area (Å²) in [5.41, 5.74) is 3.32. The van der Waals surface area contributed by atoms with E-state index in [9.17, 15) is 4.79 Å². The molecule has 1 heterocycles. The van der Waals surface area contributed by atoms with Crippen molar-refractivity contribution in [3.8, 4) is 0 Å². The summed E-state index contributed by atoms with van der Waals surface area (Å²) in [5.74, 6) is 0.858. The standard InChI is InChI=1S/C21H29N3O/c1-5-16(4)17-9-11-18(12-10-17)20(15(2)3)24-21(25)23-14-19-8-6-7-13-22-19/h6-13,15-16,20H,5,14H2,1-4H3,(H2,23,24,25)/t16-,20-/m0/s1. The van der Waals surface area contributed by atoms with Gasteiger partial charge in [-0.15, -0.1) is 0 Å². The molecule has 0 radical (unpaired) electrons. The molecule has 0 aliphatic rings. The number of hydrogen-bond acceptors (Lipinski definition) is 2. The molecule has 0 fully saturated rings. The lowest BCUT2D eigenvalue weighted by Gasteiger charge is -2.23. The van der Waals surface area contributed by atoms with Gasteiger partial charge in [-0.05, 0) is 41.5 Å². The fraction of sp³-hybridized carbons (Fsp3) is 0.429. The number of pyridine rings is 1. The van der Waals surface area contributed by atoms with Gasteiger partial charge in [-0.1, -0.05) is 58.0 Å². The van der Waals surface area contributed by atoms with Gasteiger partial charge in [0.1, 0.15) is 0 Å². The summed E-state index contributed by atoms with van der Waals surface area (Å²) in [6.45, 7) is 9.09. The van der Waals surface area contributed by atoms with Gasteiger partial charge in [-0.3, -0.25) is 4.98 Å². The molecule has 2 atom stereocenters. The van der Waals surface area contributed by atoms with E-state index in [4.69, 9.17) is 0 Å². The molecular weight excluding hydrogens is 310 g/mol. The topological polar surface area (TPSA) is 54.0 Å². The second kappa shape index (κ2) is 9.21. The number of carbonyl (C=O) groups excluding carboxylic acids is 1. The van der Waals surface area contributed by atoms with Crippen LogP contribution in [-0.4, -0.2) is 11.0 Å². The Morgan fingerprint density at radius 3 is 2.28 bits per heavy atom. The van der Waals surface area contributed by atoms with Crippen LogP contribution in [0.25, 0.3) is 0 Å². The van der Waals surface area contributed by atoms with Crippen molar-refractivity contribution in [2.24, 2.45) is 5.92 Å². The number of aromatic nitrogens is 1. The largest absolute Gasteiger partial charge is 0.332 e. The zero-order valence-corrected chi connectivity index (χ0v) is 15.6. The molecule has 1 aromatic heterocycles. The molecule has 4 heteroatoms. The first-order chi connectivity index (χ1) is 12.0. The maximum Gasteiger partial charge on any atom is 0.315 e. The number of rotatable bonds is 7. The van der Waals surface area contributed by atoms with Crippen LogP contribution >= 0.6 is 0 Å². The highest BCUT2D eigenvalue weighted by molar-refractivity contribution is 5.74. The number of amides is 2. The lowest BCUT2D eigenvalue weighted by Crippen LogP contribution is -2.39. The number of nitrogens with one attached hydrogen (secondary N) is 2. The van der Waals surface area contributed by atoms with Crippen LogP contribution in [0, 0.1) is 5.92 Å². The average Bonchev–Trinajstić information content (AvgIpc) is 2.64. The summed E-state index contributed by atoms with van der Waals surface area (Å²) < 4.78 is 0. The summed E-state index contributed by atoms with van der Waals surface area (Å²) in [7, 11) is 0. The Morgan fingerprint density at radius 1 is 1.04 bits per heavy atom. The van der Waals surface area contributed by atoms with Gasteiger partial charge in [-0.25, -0.2) is 4.79 Å². The molecule has 2 amide bonds. The van der Waals surface area contributed by atoms with E-state index < -0.39 is 0 Å². The van der Waals surface area contributed by atoms with Gasteiger partial charge in [0.25, 0.3) is 0 Å². The van der Waals surface area contributed by atoms with Crippen LogP contribution < -0.4 is 10.6 Å². The van der Waals surface area contributed by atoms with E-state index in [2.05, 4.69) is 67.6 Å². The van der Waals surface area contributed by atoms with Crippen molar-refractivity contribution in [2.45, 2.75) is 52.6 Å². The first kappa shape index (κ1) is 19.0. The molecule has 25 heavy (non-hydrogen) atoms. The lowest BCUT2D eigenvalue weighted by molar-refractivity contribution is 0.232. The zero-order valence-electron chi connectivity index (χ0n) is 15.6. The first-order valence-corrected chi connectivity index (χ1v) is 9.05. The van der Waals surface area contributed by atoms with Gasteiger partial charge in [0.05, 0.1) is 18.3 Å². The first-order valence-electron chi connectivity index (χ1n) is 9.05. The van der Waals surface area contributed by atoms with Gasteiger partial charge in [0, 0.05) is 6.20 Å². The third kappa shape index (κ3) is 5.59. The van der Waals surface area contributed by atoms with Gasteiger partial charge < -0.3 is 10.6 Å². The van der Waals surface area contributed by atoms with E-state index in [1.807, 2.05) is 18.2 Å². The Hall–Kier alpha value is -2.36. The number of carbonyl (C=O) groups is 1. The predicted octanol–water partition coefficient (Wildman–Crippen LogP) is 4.79. The smallest absolute Gasteiger partial charge is 0.315 e. The molecule has 0 unspecified atom stereocenters. The van der Waals surface area contributed by atoms with Crippen LogP contribution in [0.15, 0.2) is 48.7 Å². The van der Waals surface area contributed by atoms with E-state index in [1.54, 1.807) is 6.20 Å². The normalized spacial score (nSPS) is 13.3. The molecule has 0 aliphatic carbocycles. The molecule has 0 spiro atoms. The minimum atomic E-state index is -0.171. The number of hydrogen-bond donors (Lipinski definition) is 2. The minimum Gasteiger partial charge on any atom is -0.332 e. The number of nitrogens with zero attached hydrogens (tertiary/aromatic N) is 1. The van der Waals surface area contributed by atoms with Crippen molar-refractivity contribution in [3.63, 3.8) is 0 Å². The van der Waals surface area contributed by atoms with E-state index in [-0.39, 0.29) is 12.1 Å². The summed E-state index contributed by atoms with van der Waals surface area (Å²) >= 11 is 0. The van der Waals surface area contributed by atoms with Gasteiger partial charge in [0.2, 0.25) is 0 Å². The highest BCUT2D eigenvalue weighted by Gasteiger charge is 2.18. The molecule has 0 aliphatic heterocycles. The van der Waals surface area contributed by atoms with Crippen molar-refractivity contribution < 1.29 is 4.79 Å². The van der Waals surface area contributed by atoms with Crippen LogP contribution in [0.5, 0.6) is 0 Å². The Morgan fingerprint density at radius 2 is 1.72 bits per heavy atom. The SMILES string of the molecule is CC[C@H](C)c1ccc([C@@H](NC(=O)NCc2ccccn2)C(C)C)cc1. The fourth-order valence-electron chi connectivity index (χ4n) is 2.77. The Kier molecular flexibility index (Phi) is 6.99. The van der Waals surface area contributed by atoms with Crippen LogP contribution in [0.2, 0.25) is 0 Å². The minimum absolute atomic E-state index is 0.0188. The lowest BCUT2D eigenvalue weighted by atomic mass is 9.92. The summed E-state index contributed by atoms with van der Waals surface area (Å²) in [4.78, 5) is 16.5. The summed E-state index contributed by atoms with van der Waals surface area (Å²) in [5, 5.41) is 5.97. The van der Waals surface area contributed by atoms with E-state index in [1.165, 1.54) is 5.56 Å². The number of urea groups is 1. The summed E-state index contributed by atoms with van der Waals surface area (Å²) in [6.07, 6.45) is 2.85. The van der Waals surface area contributed by atoms with Crippen LogP contribution in [0.3, 0.4) is 0 Å². The Labute approximate surface area is 151 Å². The molecule has 2 aromatic rings. The summed E-state index contributed by atoms with van der Waals surface area (Å²) in [6, 6.07) is 14.1. The molecule has 1 aromatic carbocycles. The molecule has 2 rings (SSSR count). The molecule has 0 saturated heterocycles. The Bertz CT molecular complexity index is 653. The molecule has 2 N–H and O–H groups in total. The van der Waals surface area contributed by atoms with E-state index in [0.717, 1.165) is 17.7 Å². The van der Waals surface area contributed by atoms with Crippen molar-refractivity contribution in [3.05, 3.63) is 65.5 Å². The average molecular weight is 339 g/mol. The van der Waals surface area contributed by atoms with Crippen molar-refractivity contribution in [1.29, 1.82) is 0 Å². The molecular formula is C21H29N3O. The van der Waals surface area contributed by atoms with E-state index in [0.29, 0.717) is 18.4 Å². The van der Waals surface area contributed by atoms with Crippen LogP contribution in [-0.2, 0) is 6.54 Å². The molecule has 134 valence electrons. The fourth-order valence-corrected chi connectivity index (χ4v) is 2.77. The van der Waals surface area contributed by atoms with Crippen molar-refractivity contribution in [1.82, 2.24) is 15.6 Å². The zero-order chi connectivity index (χ0) is 18.2. The van der Waals surface area contributed by atoms with Gasteiger partial charge in [-0.2, -0.15) is 0 Å². The van der Waals surface area contributed by atoms with Gasteiger partial charge >= 0.3 is 6.03 Å². The highest BCUT2D eigenvalue weighted by Crippen LogP contribution is 2.25. The Balaban J connectivity index is 1.99. The third-order valence-corrected chi connectivity index (χ3v) is 4.59. The quantitative estimate of drug-likeness (QED) is 0.762. The highest BCUT2D eigenvalue weighted by atomic mass is 16.2. The molecule has 0 bridgehead atoms. The third-order valence-electron chi connectivity index (χ3n) is 4.59.